The zero-order chi connectivity index (χ0) is 19.7. The molecule has 0 unspecified atom stereocenters. The van der Waals surface area contributed by atoms with Gasteiger partial charge in [0.05, 0.1) is 17.3 Å². The van der Waals surface area contributed by atoms with Crippen LogP contribution in [0.25, 0.3) is 11.6 Å². The molecule has 138 valence electrons. The molecule has 1 aromatic heterocycles. The summed E-state index contributed by atoms with van der Waals surface area (Å²) < 4.78 is 14.3. The van der Waals surface area contributed by atoms with Gasteiger partial charge in [-0.1, -0.05) is 41.9 Å². The average Bonchev–Trinajstić information content (AvgIpc) is 2.71. The lowest BCUT2D eigenvalue weighted by atomic mass is 9.92. The summed E-state index contributed by atoms with van der Waals surface area (Å²) in [5, 5.41) is 0.186. The van der Waals surface area contributed by atoms with Crippen molar-refractivity contribution in [3.63, 3.8) is 0 Å². The molecule has 0 atom stereocenters. The van der Waals surface area contributed by atoms with Gasteiger partial charge < -0.3 is 0 Å². The van der Waals surface area contributed by atoms with Crippen LogP contribution in [0, 0.1) is 5.82 Å². The molecule has 0 saturated carbocycles. The van der Waals surface area contributed by atoms with Gasteiger partial charge in [-0.3, -0.25) is 19.5 Å². The molecule has 4 rings (SSSR count). The second-order valence-electron chi connectivity index (χ2n) is 6.26. The first-order chi connectivity index (χ1) is 13.6. The van der Waals surface area contributed by atoms with Gasteiger partial charge in [0.1, 0.15) is 5.82 Å². The van der Waals surface area contributed by atoms with Crippen LogP contribution < -0.4 is 0 Å². The van der Waals surface area contributed by atoms with Crippen LogP contribution in [-0.2, 0) is 11.3 Å². The number of aromatic nitrogens is 1. The van der Waals surface area contributed by atoms with Crippen LogP contribution in [-0.4, -0.2) is 21.7 Å². The number of hydrogen-bond donors (Lipinski definition) is 0. The monoisotopic (exact) mass is 392 g/mol. The molecule has 0 spiro atoms. The highest BCUT2D eigenvalue weighted by Crippen LogP contribution is 2.33. The maximum absolute atomic E-state index is 14.3. The fourth-order valence-electron chi connectivity index (χ4n) is 3.13. The number of hydrogen-bond acceptors (Lipinski definition) is 3. The molecule has 0 bridgehead atoms. The molecule has 0 radical (unpaired) electrons. The summed E-state index contributed by atoms with van der Waals surface area (Å²) in [7, 11) is 0. The Hall–Kier alpha value is -3.31. The second-order valence-corrected chi connectivity index (χ2v) is 6.66. The van der Waals surface area contributed by atoms with E-state index in [0.717, 1.165) is 4.90 Å². The molecule has 0 fully saturated rings. The number of pyridine rings is 1. The second kappa shape index (κ2) is 7.37. The van der Waals surface area contributed by atoms with Gasteiger partial charge in [-0.25, -0.2) is 4.39 Å². The van der Waals surface area contributed by atoms with Gasteiger partial charge in [0, 0.05) is 22.9 Å². The van der Waals surface area contributed by atoms with E-state index in [9.17, 15) is 14.0 Å². The Labute approximate surface area is 165 Å². The van der Waals surface area contributed by atoms with Crippen LogP contribution in [0.3, 0.4) is 0 Å². The fraction of sp³-hybridized carbons (Fsp3) is 0.0455. The Morgan fingerprint density at radius 1 is 0.929 bits per heavy atom. The minimum Gasteiger partial charge on any atom is -0.269 e. The smallest absolute Gasteiger partial charge is 0.261 e. The van der Waals surface area contributed by atoms with Crippen molar-refractivity contribution >= 4 is 35.1 Å². The van der Waals surface area contributed by atoms with E-state index in [1.807, 2.05) is 0 Å². The van der Waals surface area contributed by atoms with Crippen LogP contribution in [0.4, 0.5) is 4.39 Å². The molecular formula is C22H14ClFN2O2. The van der Waals surface area contributed by atoms with Crippen molar-refractivity contribution in [3.05, 3.63) is 100 Å². The van der Waals surface area contributed by atoms with E-state index in [0.29, 0.717) is 16.8 Å². The summed E-state index contributed by atoms with van der Waals surface area (Å²) in [4.78, 5) is 31.4. The maximum atomic E-state index is 14.3. The van der Waals surface area contributed by atoms with Gasteiger partial charge >= 0.3 is 0 Å². The summed E-state index contributed by atoms with van der Waals surface area (Å²) in [5.41, 5.74) is 1.71. The van der Waals surface area contributed by atoms with Gasteiger partial charge in [-0.2, -0.15) is 0 Å². The third-order valence-electron chi connectivity index (χ3n) is 4.50. The van der Waals surface area contributed by atoms with E-state index < -0.39 is 17.6 Å². The fourth-order valence-corrected chi connectivity index (χ4v) is 3.35. The molecule has 2 amide bonds. The molecular weight excluding hydrogens is 379 g/mol. The van der Waals surface area contributed by atoms with Gasteiger partial charge in [-0.15, -0.1) is 0 Å². The summed E-state index contributed by atoms with van der Waals surface area (Å²) >= 11 is 6.13. The van der Waals surface area contributed by atoms with Gasteiger partial charge in [0.15, 0.2) is 0 Å². The molecule has 1 aliphatic rings. The third-order valence-corrected chi connectivity index (χ3v) is 4.83. The molecule has 4 nitrogen and oxygen atoms in total. The van der Waals surface area contributed by atoms with Crippen LogP contribution in [0.2, 0.25) is 5.02 Å². The topological polar surface area (TPSA) is 50.3 Å². The Morgan fingerprint density at radius 2 is 1.68 bits per heavy atom. The summed E-state index contributed by atoms with van der Waals surface area (Å²) in [6, 6.07) is 16.3. The normalized spacial score (nSPS) is 15.1. The van der Waals surface area contributed by atoms with Crippen molar-refractivity contribution in [1.29, 1.82) is 0 Å². The Morgan fingerprint density at radius 3 is 2.39 bits per heavy atom. The number of carbonyl (C=O) groups excluding carboxylic acids is 2. The highest BCUT2D eigenvalue weighted by molar-refractivity contribution is 6.36. The number of fused-ring (bicyclic) bond motifs is 1. The molecule has 6 heteroatoms. The highest BCUT2D eigenvalue weighted by atomic mass is 35.5. The lowest BCUT2D eigenvalue weighted by molar-refractivity contribution is -0.123. The average molecular weight is 393 g/mol. The van der Waals surface area contributed by atoms with E-state index >= 15 is 0 Å². The van der Waals surface area contributed by atoms with Crippen molar-refractivity contribution in [1.82, 2.24) is 9.88 Å². The van der Waals surface area contributed by atoms with E-state index in [-0.39, 0.29) is 22.7 Å². The number of rotatable bonds is 3. The number of nitrogens with zero attached hydrogens (tertiary/aromatic N) is 2. The molecule has 2 heterocycles. The number of halogens is 2. The molecule has 3 aromatic rings. The zero-order valence-electron chi connectivity index (χ0n) is 14.6. The lowest BCUT2D eigenvalue weighted by Crippen LogP contribution is -2.41. The van der Waals surface area contributed by atoms with Crippen molar-refractivity contribution < 1.29 is 14.0 Å². The molecule has 2 aromatic carbocycles. The predicted octanol–water partition coefficient (Wildman–Crippen LogP) is 4.60. The SMILES string of the molecule is O=C1/C(=C\c2c(F)cccc2Cl)c2ccccc2C(=O)N1Cc1ccccn1. The van der Waals surface area contributed by atoms with Gasteiger partial charge in [0.25, 0.3) is 11.8 Å². The number of benzene rings is 2. The van der Waals surface area contributed by atoms with Gasteiger partial charge in [-0.05, 0) is 42.0 Å². The maximum Gasteiger partial charge on any atom is 0.261 e. The van der Waals surface area contributed by atoms with Crippen LogP contribution in [0.5, 0.6) is 0 Å². The number of carbonyl (C=O) groups is 2. The Kier molecular flexibility index (Phi) is 4.75. The summed E-state index contributed by atoms with van der Waals surface area (Å²) in [6.07, 6.45) is 2.99. The largest absolute Gasteiger partial charge is 0.269 e. The lowest BCUT2D eigenvalue weighted by Gasteiger charge is -2.28. The van der Waals surface area contributed by atoms with E-state index in [2.05, 4.69) is 4.98 Å². The van der Waals surface area contributed by atoms with Crippen molar-refractivity contribution in [2.45, 2.75) is 6.54 Å². The Bertz CT molecular complexity index is 1090. The quantitative estimate of drug-likeness (QED) is 0.483. The predicted molar refractivity (Wildman–Crippen MR) is 105 cm³/mol. The third kappa shape index (κ3) is 3.21. The molecule has 0 saturated heterocycles. The molecule has 28 heavy (non-hydrogen) atoms. The first-order valence-corrected chi connectivity index (χ1v) is 8.95. The molecule has 0 aliphatic carbocycles. The van der Waals surface area contributed by atoms with Gasteiger partial charge in [0.2, 0.25) is 0 Å². The first-order valence-electron chi connectivity index (χ1n) is 8.57. The van der Waals surface area contributed by atoms with Crippen LogP contribution in [0.15, 0.2) is 66.9 Å². The van der Waals surface area contributed by atoms with Crippen LogP contribution >= 0.6 is 11.6 Å². The zero-order valence-corrected chi connectivity index (χ0v) is 15.4. The molecule has 0 N–H and O–H groups in total. The van der Waals surface area contributed by atoms with Crippen molar-refractivity contribution in [3.8, 4) is 0 Å². The minimum absolute atomic E-state index is 0.0230. The van der Waals surface area contributed by atoms with E-state index in [1.165, 1.54) is 18.2 Å². The van der Waals surface area contributed by atoms with Crippen molar-refractivity contribution in [2.24, 2.45) is 0 Å². The summed E-state index contributed by atoms with van der Waals surface area (Å²) in [6.45, 7) is 0.0230. The highest BCUT2D eigenvalue weighted by Gasteiger charge is 2.35. The molecule has 1 aliphatic heterocycles. The Balaban J connectivity index is 1.85. The summed E-state index contributed by atoms with van der Waals surface area (Å²) in [5.74, 6) is -1.48. The van der Waals surface area contributed by atoms with Crippen molar-refractivity contribution in [2.75, 3.05) is 0 Å². The first kappa shape index (κ1) is 18.1. The van der Waals surface area contributed by atoms with Crippen LogP contribution in [0.1, 0.15) is 27.2 Å². The minimum atomic E-state index is -0.543. The number of imide groups is 1. The standard InChI is InChI=1S/C22H14ClFN2O2/c23-19-9-5-10-20(24)18(19)12-17-15-7-1-2-8-16(15)21(27)26(22(17)28)13-14-6-3-4-11-25-14/h1-12H,13H2/b17-12-. The van der Waals surface area contributed by atoms with E-state index in [4.69, 9.17) is 11.6 Å². The number of amides is 2. The van der Waals surface area contributed by atoms with E-state index in [1.54, 1.807) is 54.7 Å².